The molecule has 0 unspecified atom stereocenters. The molecule has 166 valence electrons. The minimum absolute atomic E-state index is 0.161. The van der Waals surface area contributed by atoms with Gasteiger partial charge >= 0.3 is 18.1 Å². The Hall–Kier alpha value is -3.99. The molecule has 0 aliphatic carbocycles. The third-order valence-electron chi connectivity index (χ3n) is 3.73. The van der Waals surface area contributed by atoms with Gasteiger partial charge < -0.3 is 26.3 Å². The number of nitrogens with two attached hydrogens (primary N) is 1. The molecule has 2 aromatic carbocycles. The van der Waals surface area contributed by atoms with Crippen molar-refractivity contribution in [2.45, 2.75) is 6.18 Å². The van der Waals surface area contributed by atoms with Crippen LogP contribution in [0.25, 0.3) is 0 Å². The molecule has 32 heavy (non-hydrogen) atoms. The lowest BCUT2D eigenvalue weighted by Gasteiger charge is -2.12. The van der Waals surface area contributed by atoms with Crippen molar-refractivity contribution in [1.82, 2.24) is 0 Å². The molecule has 0 spiro atoms. The van der Waals surface area contributed by atoms with E-state index in [0.717, 1.165) is 30.5 Å². The first-order chi connectivity index (χ1) is 16.7. The van der Waals surface area contributed by atoms with Crippen LogP contribution in [-0.2, 0) is 6.18 Å². The van der Waals surface area contributed by atoms with Gasteiger partial charge in [-0.1, -0.05) is 11.6 Å². The Bertz CT molecular complexity index is 1360. The lowest BCUT2D eigenvalue weighted by Crippen LogP contribution is -2.36. The summed E-state index contributed by atoms with van der Waals surface area (Å²) in [4.78, 5) is 23.7. The Balaban J connectivity index is 1.88. The van der Waals surface area contributed by atoms with Crippen LogP contribution < -0.4 is 25.8 Å². The van der Waals surface area contributed by atoms with Crippen molar-refractivity contribution in [3.8, 4) is 11.5 Å². The van der Waals surface area contributed by atoms with Gasteiger partial charge in [0, 0.05) is 17.4 Å². The SMILES string of the molecule is [2H]c1c([2H])c(Oc2cc[n+]([O-])c(C(N)=O)c2)c([2H])c([2H])c1NC(=O)Nc1ccc(Cl)c(C(F)(F)F)c1. The summed E-state index contributed by atoms with van der Waals surface area (Å²) in [5.74, 6) is -1.87. The van der Waals surface area contributed by atoms with E-state index in [-0.39, 0.29) is 16.2 Å². The van der Waals surface area contributed by atoms with Crippen LogP contribution in [0.2, 0.25) is 5.02 Å². The molecule has 0 saturated heterocycles. The number of amides is 3. The molecule has 3 rings (SSSR count). The zero-order chi connectivity index (χ0) is 26.9. The predicted octanol–water partition coefficient (Wildman–Crippen LogP) is 4.53. The standard InChI is InChI=1S/C20H14ClF3N4O4/c21-16-6-3-12(9-15(16)20(22,23)24)27-19(30)26-11-1-4-13(5-2-11)32-14-7-8-28(31)17(10-14)18(25)29/h1-10H,(H2,25,29)(H2,26,27,30)/i1D,2D,4D,5D. The number of hydrogen-bond acceptors (Lipinski definition) is 4. The monoisotopic (exact) mass is 470 g/mol. The highest BCUT2D eigenvalue weighted by atomic mass is 35.5. The normalized spacial score (nSPS) is 12.8. The number of rotatable bonds is 5. The van der Waals surface area contributed by atoms with Crippen LogP contribution in [0.5, 0.6) is 11.5 Å². The highest BCUT2D eigenvalue weighted by Crippen LogP contribution is 2.36. The minimum Gasteiger partial charge on any atom is -0.618 e. The summed E-state index contributed by atoms with van der Waals surface area (Å²) < 4.78 is 77.0. The van der Waals surface area contributed by atoms with Crippen LogP contribution in [0.1, 0.15) is 21.5 Å². The zero-order valence-corrected chi connectivity index (χ0v) is 16.4. The lowest BCUT2D eigenvalue weighted by atomic mass is 10.2. The van der Waals surface area contributed by atoms with Gasteiger partial charge in [-0.15, -0.1) is 0 Å². The molecular weight excluding hydrogens is 453 g/mol. The zero-order valence-electron chi connectivity index (χ0n) is 19.6. The van der Waals surface area contributed by atoms with Gasteiger partial charge in [0.1, 0.15) is 11.5 Å². The fourth-order valence-corrected chi connectivity index (χ4v) is 2.56. The number of urea groups is 1. The molecule has 3 amide bonds. The number of primary amides is 1. The average Bonchev–Trinajstić information content (AvgIpc) is 2.79. The molecule has 3 aromatic rings. The number of benzene rings is 2. The number of ether oxygens (including phenoxy) is 1. The Morgan fingerprint density at radius 1 is 1.06 bits per heavy atom. The molecule has 4 N–H and O–H groups in total. The van der Waals surface area contributed by atoms with E-state index in [2.05, 4.69) is 10.6 Å². The number of carbonyl (C=O) groups is 2. The molecule has 1 heterocycles. The third kappa shape index (κ3) is 5.58. The van der Waals surface area contributed by atoms with Gasteiger partial charge in [0.2, 0.25) is 0 Å². The molecule has 0 aliphatic rings. The summed E-state index contributed by atoms with van der Waals surface area (Å²) in [5, 5.41) is 15.2. The van der Waals surface area contributed by atoms with E-state index in [0.29, 0.717) is 6.07 Å². The quantitative estimate of drug-likeness (QED) is 0.375. The average molecular weight is 471 g/mol. The second-order valence-corrected chi connectivity index (χ2v) is 6.42. The molecule has 12 heteroatoms. The lowest BCUT2D eigenvalue weighted by molar-refractivity contribution is -0.607. The highest BCUT2D eigenvalue weighted by molar-refractivity contribution is 6.31. The molecule has 1 aromatic heterocycles. The first-order valence-corrected chi connectivity index (χ1v) is 8.84. The van der Waals surface area contributed by atoms with E-state index >= 15 is 0 Å². The van der Waals surface area contributed by atoms with Gasteiger partial charge in [-0.3, -0.25) is 4.79 Å². The summed E-state index contributed by atoms with van der Waals surface area (Å²) >= 11 is 5.54. The second-order valence-electron chi connectivity index (χ2n) is 6.02. The van der Waals surface area contributed by atoms with Crippen molar-refractivity contribution >= 4 is 34.9 Å². The molecule has 0 aliphatic heterocycles. The predicted molar refractivity (Wildman–Crippen MR) is 110 cm³/mol. The van der Waals surface area contributed by atoms with Crippen LogP contribution in [0.15, 0.2) is 60.7 Å². The Kier molecular flexibility index (Phi) is 4.98. The van der Waals surface area contributed by atoms with E-state index in [4.69, 9.17) is 27.6 Å². The van der Waals surface area contributed by atoms with Gasteiger partial charge in [0.15, 0.2) is 6.20 Å². The summed E-state index contributed by atoms with van der Waals surface area (Å²) in [6.07, 6.45) is -3.90. The van der Waals surface area contributed by atoms with E-state index < -0.39 is 70.0 Å². The van der Waals surface area contributed by atoms with Gasteiger partial charge in [-0.2, -0.15) is 17.9 Å². The maximum absolute atomic E-state index is 13.0. The van der Waals surface area contributed by atoms with E-state index in [1.54, 1.807) is 0 Å². The van der Waals surface area contributed by atoms with Crippen molar-refractivity contribution < 1.29 is 37.7 Å². The fraction of sp³-hybridized carbons (Fsp3) is 0.0500. The maximum Gasteiger partial charge on any atom is 0.417 e. The summed E-state index contributed by atoms with van der Waals surface area (Å²) in [6.45, 7) is 0. The Labute approximate surface area is 189 Å². The molecule has 0 bridgehead atoms. The van der Waals surface area contributed by atoms with Crippen LogP contribution in [0, 0.1) is 5.21 Å². The summed E-state index contributed by atoms with van der Waals surface area (Å²) in [7, 11) is 0. The molecule has 8 nitrogen and oxygen atoms in total. The van der Waals surface area contributed by atoms with Crippen molar-refractivity contribution in [2.24, 2.45) is 5.73 Å². The number of hydrogen-bond donors (Lipinski definition) is 3. The van der Waals surface area contributed by atoms with Crippen molar-refractivity contribution in [2.75, 3.05) is 10.6 Å². The van der Waals surface area contributed by atoms with Crippen molar-refractivity contribution in [3.63, 3.8) is 0 Å². The number of halogens is 4. The van der Waals surface area contributed by atoms with Gasteiger partial charge in [-0.05, 0) is 42.4 Å². The smallest absolute Gasteiger partial charge is 0.417 e. The number of pyridine rings is 1. The topological polar surface area (TPSA) is 120 Å². The van der Waals surface area contributed by atoms with E-state index in [9.17, 15) is 28.0 Å². The van der Waals surface area contributed by atoms with Crippen molar-refractivity contribution in [3.05, 3.63) is 82.2 Å². The van der Waals surface area contributed by atoms with E-state index in [1.807, 2.05) is 0 Å². The molecule has 0 radical (unpaired) electrons. The molecule has 0 atom stereocenters. The third-order valence-corrected chi connectivity index (χ3v) is 4.06. The van der Waals surface area contributed by atoms with Gasteiger partial charge in [-0.25, -0.2) is 4.79 Å². The first-order valence-electron chi connectivity index (χ1n) is 10.5. The maximum atomic E-state index is 13.0. The Morgan fingerprint density at radius 3 is 2.34 bits per heavy atom. The number of nitrogens with zero attached hydrogens (tertiary/aromatic N) is 1. The molecule has 0 saturated carbocycles. The van der Waals surface area contributed by atoms with Crippen LogP contribution in [0.3, 0.4) is 0 Å². The number of aromatic nitrogens is 1. The highest BCUT2D eigenvalue weighted by Gasteiger charge is 2.33. The molecule has 0 fully saturated rings. The summed E-state index contributed by atoms with van der Waals surface area (Å²) in [5.41, 5.74) is 2.49. The van der Waals surface area contributed by atoms with E-state index in [1.165, 1.54) is 0 Å². The van der Waals surface area contributed by atoms with Gasteiger partial charge in [0.25, 0.3) is 5.69 Å². The van der Waals surface area contributed by atoms with Crippen molar-refractivity contribution in [1.29, 1.82) is 0 Å². The number of anilines is 2. The minimum atomic E-state index is -4.78. The number of nitrogens with one attached hydrogen (secondary N) is 2. The number of carbonyl (C=O) groups excluding carboxylic acids is 2. The van der Waals surface area contributed by atoms with Gasteiger partial charge in [0.05, 0.1) is 22.1 Å². The summed E-state index contributed by atoms with van der Waals surface area (Å²) in [6, 6.07) is 0.478. The second kappa shape index (κ2) is 9.02. The van der Waals surface area contributed by atoms with Crippen LogP contribution in [-0.4, -0.2) is 11.9 Å². The fourth-order valence-electron chi connectivity index (χ4n) is 2.34. The van der Waals surface area contributed by atoms with Crippen LogP contribution in [0.4, 0.5) is 29.3 Å². The first kappa shape index (κ1) is 17.7. The molecular formula is C20H14ClF3N4O4. The number of alkyl halides is 3. The Morgan fingerprint density at radius 2 is 1.72 bits per heavy atom. The van der Waals surface area contributed by atoms with Crippen LogP contribution >= 0.6 is 11.6 Å². The largest absolute Gasteiger partial charge is 0.618 e.